The van der Waals surface area contributed by atoms with Gasteiger partial charge in [0.15, 0.2) is 0 Å². The van der Waals surface area contributed by atoms with Crippen LogP contribution in [0.15, 0.2) is 16.7 Å². The van der Waals surface area contributed by atoms with Gasteiger partial charge in [-0.2, -0.15) is 0 Å². The number of hydrogen-bond acceptors (Lipinski definition) is 3. The lowest BCUT2D eigenvalue weighted by atomic mass is 10.0. The van der Waals surface area contributed by atoms with Crippen molar-refractivity contribution in [1.82, 2.24) is 5.32 Å². The largest absolute Gasteiger partial charge is 0.481 e. The Bertz CT molecular complexity index is 402. The first-order valence-electron chi connectivity index (χ1n) is 5.30. The lowest BCUT2D eigenvalue weighted by Crippen LogP contribution is -2.32. The van der Waals surface area contributed by atoms with E-state index >= 15 is 0 Å². The van der Waals surface area contributed by atoms with Crippen molar-refractivity contribution >= 4 is 23.5 Å². The van der Waals surface area contributed by atoms with Gasteiger partial charge in [-0.05, 0) is 24.1 Å². The van der Waals surface area contributed by atoms with Gasteiger partial charge in [0.25, 0.3) is 5.91 Å². The van der Waals surface area contributed by atoms with E-state index in [0.717, 1.165) is 6.42 Å². The summed E-state index contributed by atoms with van der Waals surface area (Å²) in [4.78, 5) is 22.5. The van der Waals surface area contributed by atoms with Gasteiger partial charge in [-0.25, -0.2) is 0 Å². The number of carboxylic acids is 1. The van der Waals surface area contributed by atoms with Crippen LogP contribution < -0.4 is 5.32 Å². The lowest BCUT2D eigenvalue weighted by molar-refractivity contribution is -0.141. The minimum absolute atomic E-state index is 0.00451. The molecular weight excluding hydrogens is 246 g/mol. The van der Waals surface area contributed by atoms with Gasteiger partial charge >= 0.3 is 5.97 Å². The zero-order chi connectivity index (χ0) is 12.8. The minimum atomic E-state index is -0.912. The maximum Gasteiger partial charge on any atom is 0.308 e. The third kappa shape index (κ3) is 3.78. The van der Waals surface area contributed by atoms with Crippen molar-refractivity contribution in [3.8, 4) is 0 Å². The van der Waals surface area contributed by atoms with Crippen LogP contribution in [0, 0.1) is 5.92 Å². The number of furan rings is 1. The molecule has 6 heteroatoms. The molecule has 0 bridgehead atoms. The molecule has 1 aromatic rings. The molecule has 0 aromatic carbocycles. The van der Waals surface area contributed by atoms with Gasteiger partial charge in [0.1, 0.15) is 0 Å². The zero-order valence-electron chi connectivity index (χ0n) is 9.40. The number of hydrogen-bond donors (Lipinski definition) is 2. The SMILES string of the molecule is CCCC(CNC(=O)c1ccoc1Cl)C(=O)O. The molecule has 1 heterocycles. The molecule has 17 heavy (non-hydrogen) atoms. The maximum atomic E-state index is 11.6. The van der Waals surface area contributed by atoms with Gasteiger partial charge in [0.05, 0.1) is 17.7 Å². The predicted octanol–water partition coefficient (Wildman–Crippen LogP) is 2.16. The first-order valence-corrected chi connectivity index (χ1v) is 5.68. The van der Waals surface area contributed by atoms with Crippen LogP contribution in [0.1, 0.15) is 30.1 Å². The van der Waals surface area contributed by atoms with E-state index in [-0.39, 0.29) is 17.3 Å². The molecule has 2 N–H and O–H groups in total. The summed E-state index contributed by atoms with van der Waals surface area (Å²) in [5.41, 5.74) is 0.215. The van der Waals surface area contributed by atoms with E-state index in [2.05, 4.69) is 5.32 Å². The van der Waals surface area contributed by atoms with Crippen molar-refractivity contribution in [3.05, 3.63) is 23.1 Å². The van der Waals surface area contributed by atoms with Gasteiger partial charge in [-0.1, -0.05) is 13.3 Å². The Kier molecular flexibility index (Phi) is 5.03. The van der Waals surface area contributed by atoms with Gasteiger partial charge in [0.2, 0.25) is 5.22 Å². The third-order valence-corrected chi connectivity index (χ3v) is 2.65. The Labute approximate surface area is 104 Å². The Balaban J connectivity index is 2.52. The van der Waals surface area contributed by atoms with E-state index in [4.69, 9.17) is 21.1 Å². The monoisotopic (exact) mass is 259 g/mol. The van der Waals surface area contributed by atoms with Crippen LogP contribution in [0.4, 0.5) is 0 Å². The smallest absolute Gasteiger partial charge is 0.308 e. The van der Waals surface area contributed by atoms with E-state index in [1.165, 1.54) is 12.3 Å². The van der Waals surface area contributed by atoms with Crippen LogP contribution in [0.3, 0.4) is 0 Å². The molecule has 0 saturated heterocycles. The first kappa shape index (κ1) is 13.6. The molecule has 0 spiro atoms. The summed E-state index contributed by atoms with van der Waals surface area (Å²) in [6.07, 6.45) is 2.58. The summed E-state index contributed by atoms with van der Waals surface area (Å²) >= 11 is 5.63. The highest BCUT2D eigenvalue weighted by Crippen LogP contribution is 2.16. The highest BCUT2D eigenvalue weighted by atomic mass is 35.5. The molecule has 0 aliphatic rings. The Hall–Kier alpha value is -1.49. The van der Waals surface area contributed by atoms with E-state index in [9.17, 15) is 9.59 Å². The molecule has 94 valence electrons. The minimum Gasteiger partial charge on any atom is -0.481 e. The fraction of sp³-hybridized carbons (Fsp3) is 0.455. The molecule has 1 unspecified atom stereocenters. The Morgan fingerprint density at radius 1 is 1.59 bits per heavy atom. The van der Waals surface area contributed by atoms with Crippen molar-refractivity contribution in [1.29, 1.82) is 0 Å². The molecular formula is C11H14ClNO4. The molecule has 1 rings (SSSR count). The number of nitrogens with one attached hydrogen (secondary N) is 1. The van der Waals surface area contributed by atoms with Crippen molar-refractivity contribution in [2.75, 3.05) is 6.54 Å². The second-order valence-corrected chi connectivity index (χ2v) is 3.99. The van der Waals surface area contributed by atoms with Crippen LogP contribution >= 0.6 is 11.6 Å². The van der Waals surface area contributed by atoms with Crippen LogP contribution in [0.5, 0.6) is 0 Å². The third-order valence-electron chi connectivity index (χ3n) is 2.36. The average Bonchev–Trinajstić information content (AvgIpc) is 2.69. The Morgan fingerprint density at radius 2 is 2.29 bits per heavy atom. The fourth-order valence-corrected chi connectivity index (χ4v) is 1.63. The molecule has 0 radical (unpaired) electrons. The van der Waals surface area contributed by atoms with E-state index < -0.39 is 17.8 Å². The summed E-state index contributed by atoms with van der Waals surface area (Å²) in [6, 6.07) is 1.44. The van der Waals surface area contributed by atoms with Crippen molar-refractivity contribution in [2.45, 2.75) is 19.8 Å². The van der Waals surface area contributed by atoms with E-state index in [1.807, 2.05) is 6.92 Å². The molecule has 0 aliphatic heterocycles. The zero-order valence-corrected chi connectivity index (χ0v) is 10.2. The molecule has 0 fully saturated rings. The molecule has 0 aliphatic carbocycles. The normalized spacial score (nSPS) is 12.1. The van der Waals surface area contributed by atoms with Crippen molar-refractivity contribution < 1.29 is 19.1 Å². The van der Waals surface area contributed by atoms with Gasteiger partial charge in [-0.3, -0.25) is 9.59 Å². The van der Waals surface area contributed by atoms with Crippen LogP contribution in [-0.2, 0) is 4.79 Å². The summed E-state index contributed by atoms with van der Waals surface area (Å²) in [5, 5.41) is 11.4. The number of amides is 1. The summed E-state index contributed by atoms with van der Waals surface area (Å²) in [5.74, 6) is -1.91. The predicted molar refractivity (Wildman–Crippen MR) is 62.1 cm³/mol. The van der Waals surface area contributed by atoms with Crippen molar-refractivity contribution in [2.24, 2.45) is 5.92 Å². The summed E-state index contributed by atoms with van der Waals surface area (Å²) in [7, 11) is 0. The van der Waals surface area contributed by atoms with Crippen LogP contribution in [0.25, 0.3) is 0 Å². The second kappa shape index (κ2) is 6.30. The first-order chi connectivity index (χ1) is 8.06. The number of carboxylic acid groups (broad SMARTS) is 1. The average molecular weight is 260 g/mol. The summed E-state index contributed by atoms with van der Waals surface area (Å²) < 4.78 is 4.78. The number of carbonyl (C=O) groups excluding carboxylic acids is 1. The molecule has 1 amide bonds. The van der Waals surface area contributed by atoms with Gasteiger partial charge in [-0.15, -0.1) is 0 Å². The number of carbonyl (C=O) groups is 2. The molecule has 1 aromatic heterocycles. The molecule has 1 atom stereocenters. The van der Waals surface area contributed by atoms with Gasteiger partial charge in [0, 0.05) is 6.54 Å². The lowest BCUT2D eigenvalue weighted by Gasteiger charge is -2.11. The second-order valence-electron chi connectivity index (χ2n) is 3.64. The fourth-order valence-electron chi connectivity index (χ4n) is 1.43. The number of aliphatic carboxylic acids is 1. The van der Waals surface area contributed by atoms with Crippen molar-refractivity contribution in [3.63, 3.8) is 0 Å². The van der Waals surface area contributed by atoms with E-state index in [0.29, 0.717) is 6.42 Å². The van der Waals surface area contributed by atoms with E-state index in [1.54, 1.807) is 0 Å². The molecule has 0 saturated carbocycles. The highest BCUT2D eigenvalue weighted by Gasteiger charge is 2.19. The Morgan fingerprint density at radius 3 is 2.76 bits per heavy atom. The number of rotatable bonds is 6. The maximum absolute atomic E-state index is 11.6. The standard InChI is InChI=1S/C11H14ClNO4/c1-2-3-7(11(15)16)6-13-10(14)8-4-5-17-9(8)12/h4-5,7H,2-3,6H2,1H3,(H,13,14)(H,15,16). The summed E-state index contributed by atoms with van der Waals surface area (Å²) in [6.45, 7) is 1.98. The topological polar surface area (TPSA) is 79.5 Å². The van der Waals surface area contributed by atoms with Crippen LogP contribution in [-0.4, -0.2) is 23.5 Å². The number of halogens is 1. The molecule has 5 nitrogen and oxygen atoms in total. The highest BCUT2D eigenvalue weighted by molar-refractivity contribution is 6.32. The van der Waals surface area contributed by atoms with Crippen LogP contribution in [0.2, 0.25) is 5.22 Å². The quantitative estimate of drug-likeness (QED) is 0.820. The van der Waals surface area contributed by atoms with Gasteiger partial charge < -0.3 is 14.8 Å².